The zero-order valence-electron chi connectivity index (χ0n) is 9.71. The lowest BCUT2D eigenvalue weighted by Crippen LogP contribution is -2.39. The van der Waals surface area contributed by atoms with Crippen molar-refractivity contribution in [2.75, 3.05) is 0 Å². The lowest BCUT2D eigenvalue weighted by molar-refractivity contribution is 0.0503. The maximum absolute atomic E-state index is 6.19. The van der Waals surface area contributed by atoms with Gasteiger partial charge in [-0.1, -0.05) is 24.6 Å². The first-order valence-corrected chi connectivity index (χ1v) is 5.59. The molecule has 0 saturated carbocycles. The van der Waals surface area contributed by atoms with Gasteiger partial charge in [0, 0.05) is 18.0 Å². The van der Waals surface area contributed by atoms with Crippen LogP contribution in [0.3, 0.4) is 0 Å². The second-order valence-electron chi connectivity index (χ2n) is 4.76. The highest BCUT2D eigenvalue weighted by atomic mass is 16.5. The summed E-state index contributed by atoms with van der Waals surface area (Å²) >= 11 is 0. The van der Waals surface area contributed by atoms with Crippen LogP contribution in [0.5, 0.6) is 5.75 Å². The van der Waals surface area contributed by atoms with E-state index in [2.05, 4.69) is 32.9 Å². The summed E-state index contributed by atoms with van der Waals surface area (Å²) in [6.45, 7) is 6.36. The maximum Gasteiger partial charge on any atom is 0.124 e. The van der Waals surface area contributed by atoms with E-state index in [-0.39, 0.29) is 11.6 Å². The minimum absolute atomic E-state index is 0.0956. The Hall–Kier alpha value is -1.02. The van der Waals surface area contributed by atoms with Gasteiger partial charge in [0.05, 0.1) is 0 Å². The van der Waals surface area contributed by atoms with Gasteiger partial charge in [-0.15, -0.1) is 0 Å². The van der Waals surface area contributed by atoms with Crippen LogP contribution in [0.2, 0.25) is 0 Å². The third-order valence-electron chi connectivity index (χ3n) is 3.32. The standard InChI is InChI=1S/C13H19NO/c1-4-13(3)8-11(14)10-7-9(2)5-6-12(10)15-13/h5-7,11H,4,8,14H2,1-3H3/t11-,13?/m1/s1. The van der Waals surface area contributed by atoms with E-state index in [0.29, 0.717) is 0 Å². The van der Waals surface area contributed by atoms with Crippen molar-refractivity contribution in [1.29, 1.82) is 0 Å². The predicted molar refractivity (Wildman–Crippen MR) is 62.0 cm³/mol. The van der Waals surface area contributed by atoms with Crippen LogP contribution in [0.4, 0.5) is 0 Å². The molecule has 1 aromatic carbocycles. The van der Waals surface area contributed by atoms with E-state index in [1.165, 1.54) is 5.56 Å². The molecule has 2 heteroatoms. The van der Waals surface area contributed by atoms with Gasteiger partial charge >= 0.3 is 0 Å². The average Bonchev–Trinajstić information content (AvgIpc) is 2.20. The fourth-order valence-electron chi connectivity index (χ4n) is 2.15. The number of rotatable bonds is 1. The van der Waals surface area contributed by atoms with E-state index >= 15 is 0 Å². The molecule has 2 nitrogen and oxygen atoms in total. The average molecular weight is 205 g/mol. The monoisotopic (exact) mass is 205 g/mol. The van der Waals surface area contributed by atoms with Crippen LogP contribution in [0.1, 0.15) is 43.9 Å². The third-order valence-corrected chi connectivity index (χ3v) is 3.32. The summed E-state index contributed by atoms with van der Waals surface area (Å²) in [5.74, 6) is 0.962. The molecule has 0 spiro atoms. The van der Waals surface area contributed by atoms with E-state index in [1.54, 1.807) is 0 Å². The van der Waals surface area contributed by atoms with Crippen molar-refractivity contribution in [2.24, 2.45) is 5.73 Å². The molecule has 2 N–H and O–H groups in total. The van der Waals surface area contributed by atoms with Gasteiger partial charge in [-0.3, -0.25) is 0 Å². The summed E-state index contributed by atoms with van der Waals surface area (Å²) in [5, 5.41) is 0. The summed E-state index contributed by atoms with van der Waals surface area (Å²) < 4.78 is 6.01. The highest BCUT2D eigenvalue weighted by molar-refractivity contribution is 5.41. The van der Waals surface area contributed by atoms with Crippen LogP contribution in [0.15, 0.2) is 18.2 Å². The van der Waals surface area contributed by atoms with Crippen LogP contribution in [0.25, 0.3) is 0 Å². The van der Waals surface area contributed by atoms with Crippen LogP contribution < -0.4 is 10.5 Å². The largest absolute Gasteiger partial charge is 0.487 e. The van der Waals surface area contributed by atoms with Crippen molar-refractivity contribution in [3.05, 3.63) is 29.3 Å². The van der Waals surface area contributed by atoms with E-state index < -0.39 is 0 Å². The summed E-state index contributed by atoms with van der Waals surface area (Å²) in [5.41, 5.74) is 8.49. The Labute approximate surface area is 91.4 Å². The third kappa shape index (κ3) is 1.86. The molecule has 0 fully saturated rings. The fourth-order valence-corrected chi connectivity index (χ4v) is 2.15. The van der Waals surface area contributed by atoms with Gasteiger partial charge in [0.2, 0.25) is 0 Å². The number of aryl methyl sites for hydroxylation is 1. The molecular formula is C13H19NO. The Balaban J connectivity index is 2.41. The Bertz CT molecular complexity index is 375. The summed E-state index contributed by atoms with van der Waals surface area (Å²) in [4.78, 5) is 0. The first-order chi connectivity index (χ1) is 7.04. The van der Waals surface area contributed by atoms with E-state index in [9.17, 15) is 0 Å². The zero-order valence-corrected chi connectivity index (χ0v) is 9.71. The molecule has 1 aromatic rings. The molecular weight excluding hydrogens is 186 g/mol. The van der Waals surface area contributed by atoms with Crippen LogP contribution in [0, 0.1) is 6.92 Å². The van der Waals surface area contributed by atoms with Crippen LogP contribution in [-0.4, -0.2) is 5.60 Å². The van der Waals surface area contributed by atoms with Gasteiger partial charge in [0.1, 0.15) is 11.4 Å². The van der Waals surface area contributed by atoms with Crippen molar-refractivity contribution < 1.29 is 4.74 Å². The molecule has 82 valence electrons. The van der Waals surface area contributed by atoms with Gasteiger partial charge in [-0.2, -0.15) is 0 Å². The van der Waals surface area contributed by atoms with Crippen molar-refractivity contribution in [3.63, 3.8) is 0 Å². The Morgan fingerprint density at radius 3 is 2.93 bits per heavy atom. The molecule has 0 amide bonds. The predicted octanol–water partition coefficient (Wildman–Crippen LogP) is 2.95. The maximum atomic E-state index is 6.19. The summed E-state index contributed by atoms with van der Waals surface area (Å²) in [6, 6.07) is 6.36. The number of hydrogen-bond acceptors (Lipinski definition) is 2. The molecule has 1 heterocycles. The number of benzene rings is 1. The molecule has 0 aliphatic carbocycles. The molecule has 1 aliphatic rings. The minimum Gasteiger partial charge on any atom is -0.487 e. The second kappa shape index (κ2) is 3.53. The summed E-state index contributed by atoms with van der Waals surface area (Å²) in [7, 11) is 0. The molecule has 15 heavy (non-hydrogen) atoms. The van der Waals surface area contributed by atoms with Gasteiger partial charge in [0.25, 0.3) is 0 Å². The topological polar surface area (TPSA) is 35.2 Å². The molecule has 1 aliphatic heterocycles. The Morgan fingerprint density at radius 1 is 1.53 bits per heavy atom. The molecule has 1 unspecified atom stereocenters. The number of nitrogens with two attached hydrogens (primary N) is 1. The van der Waals surface area contributed by atoms with Gasteiger partial charge in [0.15, 0.2) is 0 Å². The van der Waals surface area contributed by atoms with Crippen molar-refractivity contribution >= 4 is 0 Å². The highest BCUT2D eigenvalue weighted by Crippen LogP contribution is 2.39. The van der Waals surface area contributed by atoms with Gasteiger partial charge < -0.3 is 10.5 Å². The number of ether oxygens (including phenoxy) is 1. The normalized spacial score (nSPS) is 29.5. The molecule has 0 aromatic heterocycles. The number of hydrogen-bond donors (Lipinski definition) is 1. The van der Waals surface area contributed by atoms with Crippen LogP contribution in [-0.2, 0) is 0 Å². The Kier molecular flexibility index (Phi) is 2.47. The van der Waals surface area contributed by atoms with Crippen molar-refractivity contribution in [3.8, 4) is 5.75 Å². The molecule has 0 radical (unpaired) electrons. The van der Waals surface area contributed by atoms with Gasteiger partial charge in [-0.25, -0.2) is 0 Å². The molecule has 0 bridgehead atoms. The summed E-state index contributed by atoms with van der Waals surface area (Å²) in [6.07, 6.45) is 1.90. The minimum atomic E-state index is -0.0956. The lowest BCUT2D eigenvalue weighted by Gasteiger charge is -2.38. The van der Waals surface area contributed by atoms with Gasteiger partial charge in [-0.05, 0) is 26.3 Å². The fraction of sp³-hybridized carbons (Fsp3) is 0.538. The second-order valence-corrected chi connectivity index (χ2v) is 4.76. The van der Waals surface area contributed by atoms with E-state index in [0.717, 1.165) is 24.2 Å². The molecule has 2 atom stereocenters. The first-order valence-electron chi connectivity index (χ1n) is 5.59. The number of fused-ring (bicyclic) bond motifs is 1. The quantitative estimate of drug-likeness (QED) is 0.765. The Morgan fingerprint density at radius 2 is 2.27 bits per heavy atom. The van der Waals surface area contributed by atoms with E-state index in [4.69, 9.17) is 10.5 Å². The molecule has 0 saturated heterocycles. The smallest absolute Gasteiger partial charge is 0.124 e. The van der Waals surface area contributed by atoms with Crippen LogP contribution >= 0.6 is 0 Å². The zero-order chi connectivity index (χ0) is 11.1. The first kappa shape index (κ1) is 10.5. The molecule has 2 rings (SSSR count). The SMILES string of the molecule is CCC1(C)C[C@@H](N)c2cc(C)ccc2O1. The lowest BCUT2D eigenvalue weighted by atomic mass is 9.87. The highest BCUT2D eigenvalue weighted by Gasteiger charge is 2.34. The van der Waals surface area contributed by atoms with Crippen molar-refractivity contribution in [2.45, 2.75) is 45.3 Å². The van der Waals surface area contributed by atoms with Crippen molar-refractivity contribution in [1.82, 2.24) is 0 Å². The van der Waals surface area contributed by atoms with E-state index in [1.807, 2.05) is 6.07 Å².